The van der Waals surface area contributed by atoms with Crippen LogP contribution in [0.15, 0.2) is 18.9 Å². The van der Waals surface area contributed by atoms with E-state index < -0.39 is 5.97 Å². The molecule has 5 heteroatoms. The Morgan fingerprint density at radius 3 is 2.88 bits per heavy atom. The molecule has 16 heavy (non-hydrogen) atoms. The van der Waals surface area contributed by atoms with Crippen LogP contribution in [0.1, 0.15) is 23.0 Å². The molecule has 0 aliphatic carbocycles. The number of carbonyl (C=O) groups excluding carboxylic acids is 2. The van der Waals surface area contributed by atoms with Gasteiger partial charge in [-0.25, -0.2) is 4.79 Å². The fourth-order valence-electron chi connectivity index (χ4n) is 1.28. The largest absolute Gasteiger partial charge is 0.462 e. The summed E-state index contributed by atoms with van der Waals surface area (Å²) in [7, 11) is 0. The van der Waals surface area contributed by atoms with E-state index in [2.05, 4.69) is 16.9 Å². The van der Waals surface area contributed by atoms with Crippen LogP contribution in [0, 0.1) is 6.92 Å². The second-order valence-corrected chi connectivity index (χ2v) is 3.12. The molecule has 0 unspecified atom stereocenters. The van der Waals surface area contributed by atoms with Gasteiger partial charge in [-0.05, 0) is 19.9 Å². The number of aromatic nitrogens is 1. The molecule has 2 N–H and O–H groups in total. The minimum atomic E-state index is -0.458. The fraction of sp³-hybridized carbons (Fsp3) is 0.273. The number of ether oxygens (including phenoxy) is 1. The van der Waals surface area contributed by atoms with Crippen LogP contribution in [0.25, 0.3) is 0 Å². The Morgan fingerprint density at radius 2 is 2.31 bits per heavy atom. The van der Waals surface area contributed by atoms with Gasteiger partial charge in [-0.2, -0.15) is 0 Å². The highest BCUT2D eigenvalue weighted by Crippen LogP contribution is 2.20. The van der Waals surface area contributed by atoms with Gasteiger partial charge in [0.05, 0.1) is 12.3 Å². The molecule has 0 spiro atoms. The van der Waals surface area contributed by atoms with Crippen LogP contribution in [-0.4, -0.2) is 23.5 Å². The maximum Gasteiger partial charge on any atom is 0.342 e. The summed E-state index contributed by atoms with van der Waals surface area (Å²) < 4.78 is 4.89. The Morgan fingerprint density at radius 1 is 1.62 bits per heavy atom. The summed E-state index contributed by atoms with van der Waals surface area (Å²) in [5.41, 5.74) is 1.40. The highest BCUT2D eigenvalue weighted by molar-refractivity contribution is 6.05. The van der Waals surface area contributed by atoms with Crippen molar-refractivity contribution in [2.75, 3.05) is 11.9 Å². The van der Waals surface area contributed by atoms with Crippen LogP contribution in [-0.2, 0) is 9.53 Å². The second-order valence-electron chi connectivity index (χ2n) is 3.12. The number of aryl methyl sites for hydroxylation is 1. The van der Waals surface area contributed by atoms with E-state index in [1.165, 1.54) is 0 Å². The number of hydrogen-bond acceptors (Lipinski definition) is 3. The molecule has 0 bridgehead atoms. The molecule has 1 aromatic heterocycles. The molecule has 0 radical (unpaired) electrons. The van der Waals surface area contributed by atoms with Gasteiger partial charge in [-0.1, -0.05) is 6.58 Å². The zero-order valence-corrected chi connectivity index (χ0v) is 9.29. The van der Waals surface area contributed by atoms with Gasteiger partial charge in [0.1, 0.15) is 5.56 Å². The van der Waals surface area contributed by atoms with Crippen LogP contribution in [0.3, 0.4) is 0 Å². The number of H-pyrrole nitrogens is 1. The van der Waals surface area contributed by atoms with Crippen molar-refractivity contribution < 1.29 is 14.3 Å². The van der Waals surface area contributed by atoms with E-state index in [9.17, 15) is 9.59 Å². The summed E-state index contributed by atoms with van der Waals surface area (Å²) in [6, 6.07) is 0. The van der Waals surface area contributed by atoms with Gasteiger partial charge < -0.3 is 15.0 Å². The Hall–Kier alpha value is -2.04. The molecule has 0 atom stereocenters. The van der Waals surface area contributed by atoms with E-state index in [1.54, 1.807) is 20.0 Å². The van der Waals surface area contributed by atoms with Gasteiger partial charge in [-0.15, -0.1) is 0 Å². The fourth-order valence-corrected chi connectivity index (χ4v) is 1.28. The number of carbonyl (C=O) groups is 2. The molecule has 0 saturated carbocycles. The maximum atomic E-state index is 11.6. The zero-order valence-electron chi connectivity index (χ0n) is 9.29. The number of nitrogens with one attached hydrogen (secondary N) is 2. The lowest BCUT2D eigenvalue weighted by molar-refractivity contribution is -0.111. The monoisotopic (exact) mass is 222 g/mol. The number of esters is 1. The molecule has 86 valence electrons. The number of rotatable bonds is 4. The molecule has 0 fully saturated rings. The molecule has 0 aromatic carbocycles. The van der Waals surface area contributed by atoms with Crippen molar-refractivity contribution in [2.45, 2.75) is 13.8 Å². The lowest BCUT2D eigenvalue weighted by atomic mass is 10.2. The normalized spacial score (nSPS) is 9.62. The first kappa shape index (κ1) is 12.0. The summed E-state index contributed by atoms with van der Waals surface area (Å²) in [4.78, 5) is 25.6. The zero-order chi connectivity index (χ0) is 12.1. The van der Waals surface area contributed by atoms with Gasteiger partial charge in [-0.3, -0.25) is 4.79 Å². The van der Waals surface area contributed by atoms with Crippen molar-refractivity contribution in [3.05, 3.63) is 30.1 Å². The first-order chi connectivity index (χ1) is 7.60. The van der Waals surface area contributed by atoms with Crippen LogP contribution >= 0.6 is 0 Å². The Labute approximate surface area is 93.5 Å². The third-order valence-electron chi connectivity index (χ3n) is 2.00. The molecule has 1 rings (SSSR count). The summed E-state index contributed by atoms with van der Waals surface area (Å²) in [6.07, 6.45) is 2.68. The van der Waals surface area contributed by atoms with Gasteiger partial charge in [0, 0.05) is 11.9 Å². The average Bonchev–Trinajstić information content (AvgIpc) is 2.60. The number of anilines is 1. The van der Waals surface area contributed by atoms with E-state index in [1.807, 2.05) is 0 Å². The minimum Gasteiger partial charge on any atom is -0.462 e. The highest BCUT2D eigenvalue weighted by atomic mass is 16.5. The van der Waals surface area contributed by atoms with Crippen molar-refractivity contribution in [2.24, 2.45) is 0 Å². The average molecular weight is 222 g/mol. The first-order valence-corrected chi connectivity index (χ1v) is 4.88. The molecule has 1 heterocycles. The van der Waals surface area contributed by atoms with E-state index in [0.29, 0.717) is 16.9 Å². The van der Waals surface area contributed by atoms with E-state index in [0.717, 1.165) is 6.08 Å². The Kier molecular flexibility index (Phi) is 3.88. The molecule has 0 aliphatic heterocycles. The molecule has 0 saturated heterocycles. The topological polar surface area (TPSA) is 71.2 Å². The summed E-state index contributed by atoms with van der Waals surface area (Å²) in [5.74, 6) is -0.829. The minimum absolute atomic E-state index is 0.290. The van der Waals surface area contributed by atoms with Crippen molar-refractivity contribution in [1.82, 2.24) is 4.98 Å². The van der Waals surface area contributed by atoms with Gasteiger partial charge in [0.25, 0.3) is 0 Å². The van der Waals surface area contributed by atoms with Crippen LogP contribution < -0.4 is 5.32 Å². The molecule has 1 aromatic rings. The predicted octanol–water partition coefficient (Wildman–Crippen LogP) is 1.62. The lowest BCUT2D eigenvalue weighted by Gasteiger charge is -2.05. The summed E-state index contributed by atoms with van der Waals surface area (Å²) in [6.45, 7) is 7.08. The Bertz CT molecular complexity index is 421. The summed E-state index contributed by atoms with van der Waals surface area (Å²) >= 11 is 0. The number of hydrogen-bond donors (Lipinski definition) is 2. The number of amides is 1. The third-order valence-corrected chi connectivity index (χ3v) is 2.00. The molecular formula is C11H14N2O3. The van der Waals surface area contributed by atoms with E-state index >= 15 is 0 Å². The predicted molar refractivity (Wildman–Crippen MR) is 60.3 cm³/mol. The van der Waals surface area contributed by atoms with Crippen molar-refractivity contribution in [3.63, 3.8) is 0 Å². The van der Waals surface area contributed by atoms with Crippen molar-refractivity contribution in [1.29, 1.82) is 0 Å². The number of aromatic amines is 1. The first-order valence-electron chi connectivity index (χ1n) is 4.88. The summed E-state index contributed by atoms with van der Waals surface area (Å²) in [5, 5.41) is 2.53. The molecule has 1 amide bonds. The quantitative estimate of drug-likeness (QED) is 0.600. The SMILES string of the molecule is C=CC(=O)Nc1c[nH]c(C)c1C(=O)OCC. The molecule has 5 nitrogen and oxygen atoms in total. The highest BCUT2D eigenvalue weighted by Gasteiger charge is 2.18. The van der Waals surface area contributed by atoms with Crippen LogP contribution in [0.4, 0.5) is 5.69 Å². The Balaban J connectivity index is 2.98. The maximum absolute atomic E-state index is 11.6. The van der Waals surface area contributed by atoms with Crippen molar-refractivity contribution in [3.8, 4) is 0 Å². The van der Waals surface area contributed by atoms with Gasteiger partial charge in [0.2, 0.25) is 5.91 Å². The molecular weight excluding hydrogens is 208 g/mol. The van der Waals surface area contributed by atoms with Crippen LogP contribution in [0.2, 0.25) is 0 Å². The van der Waals surface area contributed by atoms with Crippen molar-refractivity contribution >= 4 is 17.6 Å². The van der Waals surface area contributed by atoms with Crippen LogP contribution in [0.5, 0.6) is 0 Å². The second kappa shape index (κ2) is 5.16. The molecule has 0 aliphatic rings. The van der Waals surface area contributed by atoms with E-state index in [4.69, 9.17) is 4.74 Å². The van der Waals surface area contributed by atoms with E-state index in [-0.39, 0.29) is 12.5 Å². The van der Waals surface area contributed by atoms with Gasteiger partial charge in [0.15, 0.2) is 0 Å². The standard InChI is InChI=1S/C11H14N2O3/c1-4-9(14)13-8-6-12-7(3)10(8)11(15)16-5-2/h4,6,12H,1,5H2,2-3H3,(H,13,14). The third kappa shape index (κ3) is 2.50. The van der Waals surface area contributed by atoms with Gasteiger partial charge >= 0.3 is 5.97 Å². The smallest absolute Gasteiger partial charge is 0.342 e. The lowest BCUT2D eigenvalue weighted by Crippen LogP contribution is -2.12.